The number of aromatic nitrogens is 1. The van der Waals surface area contributed by atoms with Gasteiger partial charge >= 0.3 is 5.97 Å². The number of benzene rings is 2. The number of methoxy groups -OCH3 is 1. The van der Waals surface area contributed by atoms with Gasteiger partial charge in [0.1, 0.15) is 5.75 Å². The van der Waals surface area contributed by atoms with E-state index in [1.54, 1.807) is 18.2 Å². The van der Waals surface area contributed by atoms with Crippen molar-refractivity contribution in [3.63, 3.8) is 0 Å². The van der Waals surface area contributed by atoms with Crippen molar-refractivity contribution >= 4 is 28.5 Å². The van der Waals surface area contributed by atoms with Crippen molar-refractivity contribution < 1.29 is 19.1 Å². The standard InChI is InChI=1S/C21H22N2O4/c1-14-10-16(27-13-21(25)26-3)8-9-18(14)22-20(24)11-15-12-23(2)19-7-5-4-6-17(15)19/h4-10,12H,11,13H2,1-3H3,(H,22,24). The van der Waals surface area contributed by atoms with E-state index in [-0.39, 0.29) is 12.5 Å². The molecule has 140 valence electrons. The molecular weight excluding hydrogens is 344 g/mol. The van der Waals surface area contributed by atoms with Gasteiger partial charge in [0.15, 0.2) is 6.61 Å². The highest BCUT2D eigenvalue weighted by Gasteiger charge is 2.12. The SMILES string of the molecule is COC(=O)COc1ccc(NC(=O)Cc2cn(C)c3ccccc23)c(C)c1. The molecule has 6 heteroatoms. The summed E-state index contributed by atoms with van der Waals surface area (Å²) in [4.78, 5) is 23.7. The van der Waals surface area contributed by atoms with Crippen molar-refractivity contribution in [2.75, 3.05) is 19.0 Å². The second kappa shape index (κ2) is 7.95. The number of amides is 1. The largest absolute Gasteiger partial charge is 0.482 e. The summed E-state index contributed by atoms with van der Waals surface area (Å²) in [5, 5.41) is 4.02. The van der Waals surface area contributed by atoms with E-state index in [9.17, 15) is 9.59 Å². The van der Waals surface area contributed by atoms with Crippen LogP contribution in [-0.4, -0.2) is 30.2 Å². The van der Waals surface area contributed by atoms with Gasteiger partial charge in [-0.1, -0.05) is 18.2 Å². The summed E-state index contributed by atoms with van der Waals surface area (Å²) < 4.78 is 11.9. The Balaban J connectivity index is 1.67. The maximum Gasteiger partial charge on any atom is 0.343 e. The van der Waals surface area contributed by atoms with E-state index in [0.717, 1.165) is 22.0 Å². The van der Waals surface area contributed by atoms with Gasteiger partial charge in [-0.2, -0.15) is 0 Å². The summed E-state index contributed by atoms with van der Waals surface area (Å²) >= 11 is 0. The molecule has 0 bridgehead atoms. The predicted molar refractivity (Wildman–Crippen MR) is 104 cm³/mol. The number of esters is 1. The van der Waals surface area contributed by atoms with Gasteiger partial charge in [-0.15, -0.1) is 0 Å². The molecule has 3 rings (SSSR count). The van der Waals surface area contributed by atoms with Crippen LogP contribution in [-0.2, 0) is 27.8 Å². The molecule has 6 nitrogen and oxygen atoms in total. The molecule has 0 unspecified atom stereocenters. The molecule has 0 radical (unpaired) electrons. The highest BCUT2D eigenvalue weighted by molar-refractivity contribution is 5.96. The van der Waals surface area contributed by atoms with Crippen molar-refractivity contribution in [3.8, 4) is 5.75 Å². The number of carbonyl (C=O) groups is 2. The predicted octanol–water partition coefficient (Wildman–Crippen LogP) is 3.22. The minimum absolute atomic E-state index is 0.0855. The Labute approximate surface area is 157 Å². The Kier molecular flexibility index (Phi) is 5.45. The first-order chi connectivity index (χ1) is 13.0. The lowest BCUT2D eigenvalue weighted by molar-refractivity contribution is -0.142. The molecule has 3 aromatic rings. The van der Waals surface area contributed by atoms with Crippen molar-refractivity contribution in [1.82, 2.24) is 4.57 Å². The molecule has 0 saturated carbocycles. The average molecular weight is 366 g/mol. The summed E-state index contributed by atoms with van der Waals surface area (Å²) in [5.74, 6) is 0.0164. The summed E-state index contributed by atoms with van der Waals surface area (Å²) in [6.07, 6.45) is 2.28. The summed E-state index contributed by atoms with van der Waals surface area (Å²) in [7, 11) is 3.28. The Hall–Kier alpha value is -3.28. The molecule has 0 aliphatic rings. The third kappa shape index (κ3) is 4.28. The fourth-order valence-electron chi connectivity index (χ4n) is 3.00. The van der Waals surface area contributed by atoms with E-state index in [4.69, 9.17) is 4.74 Å². The molecule has 0 atom stereocenters. The zero-order valence-electron chi connectivity index (χ0n) is 15.6. The quantitative estimate of drug-likeness (QED) is 0.680. The number of nitrogens with zero attached hydrogens (tertiary/aromatic N) is 1. The molecule has 1 heterocycles. The smallest absolute Gasteiger partial charge is 0.343 e. The minimum Gasteiger partial charge on any atom is -0.482 e. The topological polar surface area (TPSA) is 69.6 Å². The first kappa shape index (κ1) is 18.5. The van der Waals surface area contributed by atoms with E-state index < -0.39 is 5.97 Å². The van der Waals surface area contributed by atoms with E-state index in [1.165, 1.54) is 7.11 Å². The van der Waals surface area contributed by atoms with E-state index >= 15 is 0 Å². The van der Waals surface area contributed by atoms with Crippen LogP contribution in [0.5, 0.6) is 5.75 Å². The molecule has 0 aliphatic heterocycles. The Bertz CT molecular complexity index is 991. The van der Waals surface area contributed by atoms with Crippen molar-refractivity contribution in [1.29, 1.82) is 0 Å². The molecule has 1 amide bonds. The Morgan fingerprint density at radius 1 is 1.15 bits per heavy atom. The van der Waals surface area contributed by atoms with E-state index in [2.05, 4.69) is 10.1 Å². The molecule has 1 N–H and O–H groups in total. The molecule has 0 fully saturated rings. The van der Waals surface area contributed by atoms with Crippen LogP contribution in [0.15, 0.2) is 48.7 Å². The number of carbonyl (C=O) groups excluding carboxylic acids is 2. The lowest BCUT2D eigenvalue weighted by Crippen LogP contribution is -2.15. The summed E-state index contributed by atoms with van der Waals surface area (Å²) in [5.41, 5.74) is 3.65. The van der Waals surface area contributed by atoms with Crippen LogP contribution >= 0.6 is 0 Å². The average Bonchev–Trinajstić information content (AvgIpc) is 2.97. The van der Waals surface area contributed by atoms with Gasteiger partial charge in [0.25, 0.3) is 0 Å². The molecular formula is C21H22N2O4. The second-order valence-corrected chi connectivity index (χ2v) is 6.35. The van der Waals surface area contributed by atoms with Crippen molar-refractivity contribution in [2.24, 2.45) is 7.05 Å². The molecule has 27 heavy (non-hydrogen) atoms. The molecule has 2 aromatic carbocycles. The Morgan fingerprint density at radius 3 is 2.67 bits per heavy atom. The van der Waals surface area contributed by atoms with Crippen LogP contribution in [0.4, 0.5) is 5.69 Å². The van der Waals surface area contributed by atoms with E-state index in [0.29, 0.717) is 17.9 Å². The number of ether oxygens (including phenoxy) is 2. The van der Waals surface area contributed by atoms with E-state index in [1.807, 2.05) is 49.0 Å². The van der Waals surface area contributed by atoms with Crippen molar-refractivity contribution in [3.05, 3.63) is 59.8 Å². The van der Waals surface area contributed by atoms with Crippen LogP contribution in [0.1, 0.15) is 11.1 Å². The number of aryl methyl sites for hydroxylation is 2. The highest BCUT2D eigenvalue weighted by Crippen LogP contribution is 2.23. The number of fused-ring (bicyclic) bond motifs is 1. The fourth-order valence-corrected chi connectivity index (χ4v) is 3.00. The third-order valence-corrected chi connectivity index (χ3v) is 4.39. The number of hydrogen-bond donors (Lipinski definition) is 1. The van der Waals surface area contributed by atoms with Gasteiger partial charge in [0.2, 0.25) is 5.91 Å². The number of hydrogen-bond acceptors (Lipinski definition) is 4. The second-order valence-electron chi connectivity index (χ2n) is 6.35. The van der Waals surface area contributed by atoms with Crippen LogP contribution in [0.3, 0.4) is 0 Å². The maximum absolute atomic E-state index is 12.5. The normalized spacial score (nSPS) is 10.6. The van der Waals surface area contributed by atoms with Gasteiger partial charge in [0.05, 0.1) is 13.5 Å². The lowest BCUT2D eigenvalue weighted by atomic mass is 10.1. The van der Waals surface area contributed by atoms with Crippen LogP contribution < -0.4 is 10.1 Å². The summed E-state index contributed by atoms with van der Waals surface area (Å²) in [6.45, 7) is 1.72. The lowest BCUT2D eigenvalue weighted by Gasteiger charge is -2.11. The van der Waals surface area contributed by atoms with Gasteiger partial charge in [-0.3, -0.25) is 4.79 Å². The van der Waals surface area contributed by atoms with Gasteiger partial charge in [-0.05, 0) is 42.3 Å². The number of anilines is 1. The molecule has 0 saturated heterocycles. The fraction of sp³-hybridized carbons (Fsp3) is 0.238. The monoisotopic (exact) mass is 366 g/mol. The zero-order valence-corrected chi connectivity index (χ0v) is 15.6. The zero-order chi connectivity index (χ0) is 19.4. The van der Waals surface area contributed by atoms with Gasteiger partial charge in [-0.25, -0.2) is 4.79 Å². The summed E-state index contributed by atoms with van der Waals surface area (Å²) in [6, 6.07) is 13.3. The first-order valence-corrected chi connectivity index (χ1v) is 8.61. The number of nitrogens with one attached hydrogen (secondary N) is 1. The minimum atomic E-state index is -0.444. The first-order valence-electron chi connectivity index (χ1n) is 8.61. The highest BCUT2D eigenvalue weighted by atomic mass is 16.6. The molecule has 0 spiro atoms. The van der Waals surface area contributed by atoms with Crippen LogP contribution in [0, 0.1) is 6.92 Å². The van der Waals surface area contributed by atoms with Crippen LogP contribution in [0.2, 0.25) is 0 Å². The van der Waals surface area contributed by atoms with Crippen LogP contribution in [0.25, 0.3) is 10.9 Å². The molecule has 1 aromatic heterocycles. The van der Waals surface area contributed by atoms with Crippen molar-refractivity contribution in [2.45, 2.75) is 13.3 Å². The maximum atomic E-state index is 12.5. The third-order valence-electron chi connectivity index (χ3n) is 4.39. The van der Waals surface area contributed by atoms with Gasteiger partial charge in [0, 0.05) is 29.8 Å². The number of rotatable bonds is 6. The number of para-hydroxylation sites is 1. The Morgan fingerprint density at radius 2 is 1.93 bits per heavy atom. The van der Waals surface area contributed by atoms with Gasteiger partial charge < -0.3 is 19.4 Å². The molecule has 0 aliphatic carbocycles.